The summed E-state index contributed by atoms with van der Waals surface area (Å²) in [6.45, 7) is 0. The number of furan rings is 2. The van der Waals surface area contributed by atoms with Crippen molar-refractivity contribution in [3.63, 3.8) is 0 Å². The summed E-state index contributed by atoms with van der Waals surface area (Å²) in [4.78, 5) is 5.31. The predicted molar refractivity (Wildman–Crippen MR) is 200 cm³/mol. The molecule has 0 aliphatic heterocycles. The number of hydrogen-bond donors (Lipinski definition) is 0. The molecule has 0 atom stereocenters. The Morgan fingerprint density at radius 2 is 1.04 bits per heavy atom. The summed E-state index contributed by atoms with van der Waals surface area (Å²) in [5.74, 6) is 0.828. The molecule has 0 aliphatic carbocycles. The lowest BCUT2D eigenvalue weighted by Gasteiger charge is -2.19. The minimum Gasteiger partial charge on any atom is -0.464 e. The highest BCUT2D eigenvalue weighted by Gasteiger charge is 2.23. The second-order valence-electron chi connectivity index (χ2n) is 12.4. The third-order valence-corrected chi connectivity index (χ3v) is 9.51. The maximum absolute atomic E-state index is 6.26. The van der Waals surface area contributed by atoms with Crippen LogP contribution >= 0.6 is 0 Å². The highest BCUT2D eigenvalue weighted by atomic mass is 16.3. The normalized spacial score (nSPS) is 11.7. The number of nitrogens with zero attached hydrogens (tertiary/aromatic N) is 2. The Bertz CT molecular complexity index is 2760. The number of hydrogen-bond acceptors (Lipinski definition) is 3. The topological polar surface area (TPSA) is 44.1 Å². The van der Waals surface area contributed by atoms with E-state index in [1.165, 1.54) is 0 Å². The van der Waals surface area contributed by atoms with Crippen molar-refractivity contribution in [1.82, 2.24) is 9.55 Å². The number of fused-ring (bicyclic) bond motifs is 5. The largest absolute Gasteiger partial charge is 0.464 e. The zero-order valence-electron chi connectivity index (χ0n) is 26.4. The molecule has 4 heteroatoms. The second-order valence-corrected chi connectivity index (χ2v) is 12.4. The van der Waals surface area contributed by atoms with Crippen LogP contribution in [0.2, 0.25) is 0 Å². The van der Waals surface area contributed by atoms with Crippen molar-refractivity contribution in [3.8, 4) is 50.5 Å². The van der Waals surface area contributed by atoms with Crippen LogP contribution < -0.4 is 0 Å². The molecule has 0 aliphatic rings. The molecular formula is C45H28N2O2. The summed E-state index contributed by atoms with van der Waals surface area (Å²) < 4.78 is 14.7. The van der Waals surface area contributed by atoms with Gasteiger partial charge < -0.3 is 8.83 Å². The Balaban J connectivity index is 1.23. The Labute approximate surface area is 282 Å². The number of aromatic nitrogens is 2. The van der Waals surface area contributed by atoms with Crippen LogP contribution in [0.1, 0.15) is 0 Å². The first-order valence-electron chi connectivity index (χ1n) is 16.5. The minimum atomic E-state index is 0.812. The zero-order valence-corrected chi connectivity index (χ0v) is 26.4. The Hall–Kier alpha value is -6.65. The average molecular weight is 629 g/mol. The third-order valence-electron chi connectivity index (χ3n) is 9.51. The van der Waals surface area contributed by atoms with E-state index in [9.17, 15) is 0 Å². The van der Waals surface area contributed by atoms with Crippen molar-refractivity contribution < 1.29 is 8.83 Å². The molecule has 4 nitrogen and oxygen atoms in total. The van der Waals surface area contributed by atoms with Crippen molar-refractivity contribution in [2.24, 2.45) is 0 Å². The molecule has 230 valence electrons. The van der Waals surface area contributed by atoms with E-state index in [1.54, 1.807) is 0 Å². The van der Waals surface area contributed by atoms with Crippen LogP contribution in [0.3, 0.4) is 0 Å². The smallest absolute Gasteiger partial charge is 0.149 e. The molecule has 7 aromatic carbocycles. The van der Waals surface area contributed by atoms with Crippen molar-refractivity contribution >= 4 is 43.9 Å². The van der Waals surface area contributed by atoms with Gasteiger partial charge in [0.05, 0.1) is 22.3 Å². The maximum Gasteiger partial charge on any atom is 0.149 e. The van der Waals surface area contributed by atoms with Gasteiger partial charge in [-0.1, -0.05) is 121 Å². The monoisotopic (exact) mass is 628 g/mol. The molecule has 0 spiro atoms. The van der Waals surface area contributed by atoms with Crippen LogP contribution in [0.5, 0.6) is 0 Å². The highest BCUT2D eigenvalue weighted by Crippen LogP contribution is 2.42. The van der Waals surface area contributed by atoms with Gasteiger partial charge in [0.2, 0.25) is 0 Å². The van der Waals surface area contributed by atoms with Crippen LogP contribution in [-0.4, -0.2) is 9.55 Å². The molecular weight excluding hydrogens is 601 g/mol. The van der Waals surface area contributed by atoms with E-state index in [2.05, 4.69) is 150 Å². The lowest BCUT2D eigenvalue weighted by atomic mass is 9.95. The minimum absolute atomic E-state index is 0.812. The molecule has 10 rings (SSSR count). The first-order valence-corrected chi connectivity index (χ1v) is 16.5. The van der Waals surface area contributed by atoms with Gasteiger partial charge in [0.25, 0.3) is 0 Å². The Morgan fingerprint density at radius 3 is 1.80 bits per heavy atom. The molecule has 10 aromatic rings. The number of para-hydroxylation sites is 4. The van der Waals surface area contributed by atoms with E-state index >= 15 is 0 Å². The van der Waals surface area contributed by atoms with Gasteiger partial charge in [-0.05, 0) is 64.7 Å². The fourth-order valence-electron chi connectivity index (χ4n) is 7.21. The molecule has 0 N–H and O–H groups in total. The van der Waals surface area contributed by atoms with E-state index < -0.39 is 0 Å². The molecule has 3 heterocycles. The fraction of sp³-hybridized carbons (Fsp3) is 0. The van der Waals surface area contributed by atoms with Crippen LogP contribution in [0.4, 0.5) is 0 Å². The highest BCUT2D eigenvalue weighted by molar-refractivity contribution is 6.07. The molecule has 0 bridgehead atoms. The summed E-state index contributed by atoms with van der Waals surface area (Å²) >= 11 is 0. The predicted octanol–water partition coefficient (Wildman–Crippen LogP) is 12.3. The summed E-state index contributed by atoms with van der Waals surface area (Å²) in [5, 5.41) is 3.22. The maximum atomic E-state index is 6.26. The Kier molecular flexibility index (Phi) is 6.15. The lowest BCUT2D eigenvalue weighted by Crippen LogP contribution is -2.03. The van der Waals surface area contributed by atoms with Gasteiger partial charge in [0.1, 0.15) is 28.8 Å². The molecule has 0 saturated carbocycles. The first-order chi connectivity index (χ1) is 24.3. The number of rotatable bonds is 5. The van der Waals surface area contributed by atoms with Gasteiger partial charge in [-0.15, -0.1) is 0 Å². The molecule has 3 aromatic heterocycles. The van der Waals surface area contributed by atoms with Crippen LogP contribution in [0, 0.1) is 0 Å². The molecule has 0 fully saturated rings. The van der Waals surface area contributed by atoms with Crippen molar-refractivity contribution in [2.45, 2.75) is 0 Å². The average Bonchev–Trinajstić information content (AvgIpc) is 3.88. The van der Waals surface area contributed by atoms with E-state index in [0.29, 0.717) is 0 Å². The lowest BCUT2D eigenvalue weighted by molar-refractivity contribution is 0.616. The third kappa shape index (κ3) is 4.42. The summed E-state index contributed by atoms with van der Waals surface area (Å²) in [6, 6.07) is 57.1. The molecule has 49 heavy (non-hydrogen) atoms. The standard InChI is InChI=1S/C45H28N2O2/c1-3-12-29(13-4-1)33-17-11-18-34(30-14-5-2-6-15-30)44(33)47-40-20-9-8-19-39(40)46-45(47)38-28-48-41-24-22-31(27-37(38)41)32-23-25-43-36(26-32)35-16-7-10-21-42(35)49-43/h1-28H. The number of imidazole rings is 1. The SMILES string of the molecule is c1ccc(-c2cccc(-c3ccccc3)c2-n2c(-c3coc4ccc(-c5ccc6oc7ccccc7c6c5)cc34)nc3ccccc32)cc1. The van der Waals surface area contributed by atoms with Gasteiger partial charge in [0, 0.05) is 27.3 Å². The van der Waals surface area contributed by atoms with Crippen LogP contribution in [-0.2, 0) is 0 Å². The van der Waals surface area contributed by atoms with Crippen molar-refractivity contribution in [3.05, 3.63) is 170 Å². The number of benzene rings is 7. The van der Waals surface area contributed by atoms with Crippen LogP contribution in [0.15, 0.2) is 179 Å². The van der Waals surface area contributed by atoms with Gasteiger partial charge in [-0.25, -0.2) is 4.98 Å². The van der Waals surface area contributed by atoms with E-state index in [-0.39, 0.29) is 0 Å². The zero-order chi connectivity index (χ0) is 32.3. The van der Waals surface area contributed by atoms with Crippen molar-refractivity contribution in [1.29, 1.82) is 0 Å². The van der Waals surface area contributed by atoms with Gasteiger partial charge >= 0.3 is 0 Å². The second kappa shape index (κ2) is 11.0. The van der Waals surface area contributed by atoms with Crippen LogP contribution in [0.25, 0.3) is 94.4 Å². The molecule has 0 radical (unpaired) electrons. The summed E-state index contributed by atoms with van der Waals surface area (Å²) in [5.41, 5.74) is 13.3. The van der Waals surface area contributed by atoms with Gasteiger partial charge in [-0.3, -0.25) is 4.57 Å². The van der Waals surface area contributed by atoms with Gasteiger partial charge in [-0.2, -0.15) is 0 Å². The summed E-state index contributed by atoms with van der Waals surface area (Å²) in [6.07, 6.45) is 1.85. The van der Waals surface area contributed by atoms with E-state index in [1.807, 2.05) is 24.5 Å². The van der Waals surface area contributed by atoms with Crippen molar-refractivity contribution in [2.75, 3.05) is 0 Å². The fourth-order valence-corrected chi connectivity index (χ4v) is 7.21. The molecule has 0 unspecified atom stereocenters. The van der Waals surface area contributed by atoms with E-state index in [4.69, 9.17) is 13.8 Å². The van der Waals surface area contributed by atoms with Gasteiger partial charge in [0.15, 0.2) is 0 Å². The molecule has 0 amide bonds. The Morgan fingerprint density at radius 1 is 0.429 bits per heavy atom. The first kappa shape index (κ1) is 27.5. The molecule has 0 saturated heterocycles. The quantitative estimate of drug-likeness (QED) is 0.190. The van der Waals surface area contributed by atoms with E-state index in [0.717, 1.165) is 94.4 Å². The summed E-state index contributed by atoms with van der Waals surface area (Å²) in [7, 11) is 0.